The van der Waals surface area contributed by atoms with E-state index in [9.17, 15) is 49.0 Å². The first-order valence-electron chi connectivity index (χ1n) is 11.7. The molecule has 0 bridgehead atoms. The van der Waals surface area contributed by atoms with Gasteiger partial charge in [0.1, 0.15) is 25.9 Å². The highest BCUT2D eigenvalue weighted by atomic mass is 35.5. The molecule has 0 unspecified atom stereocenters. The quantitative estimate of drug-likeness (QED) is 0.0900. The third-order valence-electron chi connectivity index (χ3n) is 5.87. The van der Waals surface area contributed by atoms with E-state index < -0.39 is 55.8 Å². The molecule has 1 aromatic heterocycles. The van der Waals surface area contributed by atoms with Gasteiger partial charge in [-0.2, -0.15) is 30.5 Å². The first-order valence-corrected chi connectivity index (χ1v) is 17.4. The highest BCUT2D eigenvalue weighted by Crippen LogP contribution is 2.45. The molecule has 0 spiro atoms. The zero-order valence-electron chi connectivity index (χ0n) is 21.7. The number of thiophene rings is 1. The molecule has 0 radical (unpaired) electrons. The fraction of sp³-hybridized carbons (Fsp3) is 0.0833. The van der Waals surface area contributed by atoms with Crippen molar-refractivity contribution in [1.82, 2.24) is 0 Å². The molecule has 1 heterocycles. The Morgan fingerprint density at radius 1 is 0.909 bits per heavy atom. The number of carbonyl (C=O) groups is 1. The Balaban J connectivity index is 1.90. The molecule has 0 saturated carbocycles. The van der Waals surface area contributed by atoms with Crippen molar-refractivity contribution in [2.75, 3.05) is 16.9 Å². The summed E-state index contributed by atoms with van der Waals surface area (Å²) in [5.41, 5.74) is 6.76. The Bertz CT molecular complexity index is 2230. The second kappa shape index (κ2) is 12.2. The molecule has 3 aromatic carbocycles. The van der Waals surface area contributed by atoms with Gasteiger partial charge in [-0.1, -0.05) is 23.5 Å². The van der Waals surface area contributed by atoms with Gasteiger partial charge < -0.3 is 11.1 Å². The fourth-order valence-corrected chi connectivity index (χ4v) is 7.09. The lowest BCUT2D eigenvalue weighted by atomic mass is 10.0. The Morgan fingerprint density at radius 3 is 2.05 bits per heavy atom. The highest BCUT2D eigenvalue weighted by Gasteiger charge is 2.26. The molecule has 1 amide bonds. The summed E-state index contributed by atoms with van der Waals surface area (Å²) in [6.07, 6.45) is 0.0922. The summed E-state index contributed by atoms with van der Waals surface area (Å²) in [6.45, 7) is 0. The van der Waals surface area contributed by atoms with Crippen molar-refractivity contribution < 1.29 is 43.7 Å². The summed E-state index contributed by atoms with van der Waals surface area (Å²) in [6, 6.07) is 10.8. The number of nitrogens with zero attached hydrogens (tertiary/aromatic N) is 3. The first-order chi connectivity index (χ1) is 20.4. The van der Waals surface area contributed by atoms with Crippen molar-refractivity contribution in [2.24, 2.45) is 10.2 Å². The minimum atomic E-state index is -5.23. The maximum absolute atomic E-state index is 12.2. The number of benzene rings is 3. The SMILES string of the molecule is N#Cc1c(N)sc(N=Nc2cc(S(=O)(=O)O)c3cc(S(=O)(=O)O)cc(S(=O)(=O)O)c3c2)c1-c1ccc(NC(=O)CCCl)cc1. The Labute approximate surface area is 258 Å². The lowest BCUT2D eigenvalue weighted by Crippen LogP contribution is -2.11. The number of carbonyl (C=O) groups excluding carboxylic acids is 1. The van der Waals surface area contributed by atoms with Crippen LogP contribution in [0.15, 0.2) is 73.4 Å². The monoisotopic (exact) mass is 699 g/mol. The zero-order chi connectivity index (χ0) is 32.6. The van der Waals surface area contributed by atoms with E-state index in [1.165, 1.54) is 0 Å². The number of amides is 1. The number of nitrogens with one attached hydrogen (secondary N) is 1. The molecule has 0 fully saturated rings. The lowest BCUT2D eigenvalue weighted by Gasteiger charge is -2.11. The largest absolute Gasteiger partial charge is 0.389 e. The lowest BCUT2D eigenvalue weighted by molar-refractivity contribution is -0.115. The number of halogens is 1. The smallest absolute Gasteiger partial charge is 0.295 e. The van der Waals surface area contributed by atoms with Crippen LogP contribution in [0.4, 0.5) is 21.4 Å². The van der Waals surface area contributed by atoms with Crippen LogP contribution < -0.4 is 11.1 Å². The number of hydrogen-bond acceptors (Lipinski definition) is 12. The van der Waals surface area contributed by atoms with Gasteiger partial charge in [0.05, 0.1) is 16.1 Å². The number of azo groups is 1. The van der Waals surface area contributed by atoms with Gasteiger partial charge in [-0.25, -0.2) is 0 Å². The van der Waals surface area contributed by atoms with Gasteiger partial charge in [0.25, 0.3) is 30.4 Å². The predicted molar refractivity (Wildman–Crippen MR) is 160 cm³/mol. The number of fused-ring (bicyclic) bond motifs is 1. The van der Waals surface area contributed by atoms with Crippen molar-refractivity contribution in [2.45, 2.75) is 21.1 Å². The van der Waals surface area contributed by atoms with Crippen LogP contribution in [-0.4, -0.2) is 50.7 Å². The van der Waals surface area contributed by atoms with Crippen LogP contribution in [0, 0.1) is 11.3 Å². The predicted octanol–water partition coefficient (Wildman–Crippen LogP) is 4.75. The average molecular weight is 700 g/mol. The number of rotatable bonds is 9. The van der Waals surface area contributed by atoms with Crippen LogP contribution in [0.1, 0.15) is 12.0 Å². The number of alkyl halides is 1. The topological polar surface area (TPSA) is 267 Å². The second-order valence-electron chi connectivity index (χ2n) is 8.78. The summed E-state index contributed by atoms with van der Waals surface area (Å²) in [4.78, 5) is 8.62. The molecule has 0 saturated heterocycles. The zero-order valence-corrected chi connectivity index (χ0v) is 25.7. The standard InChI is InChI=1S/C24H18ClN5O10S4/c25-6-5-21(31)28-13-3-1-12(2-4-13)22-18(11-26)23(27)41-24(22)30-29-14-7-16-17(19(8-14)43(35,36)37)9-15(42(32,33)34)10-20(16)44(38,39)40/h1-4,7-10H,5-6,27H2,(H,28,31)(H,32,33,34)(H,35,36,37)(H,38,39,40). The number of anilines is 2. The van der Waals surface area contributed by atoms with Gasteiger partial charge in [-0.05, 0) is 42.0 Å². The fourth-order valence-electron chi connectivity index (χ4n) is 4.01. The Hall–Kier alpha value is -4.00. The van der Waals surface area contributed by atoms with Gasteiger partial charge in [-0.3, -0.25) is 18.5 Å². The van der Waals surface area contributed by atoms with Gasteiger partial charge in [0.2, 0.25) is 5.91 Å². The van der Waals surface area contributed by atoms with E-state index in [0.717, 1.165) is 23.5 Å². The summed E-state index contributed by atoms with van der Waals surface area (Å²) in [5.74, 6) is -0.185. The summed E-state index contributed by atoms with van der Waals surface area (Å²) in [5, 5.41) is 19.2. The van der Waals surface area contributed by atoms with E-state index in [1.807, 2.05) is 6.07 Å². The van der Waals surface area contributed by atoms with Crippen molar-refractivity contribution in [3.8, 4) is 17.2 Å². The van der Waals surface area contributed by atoms with Crippen LogP contribution >= 0.6 is 22.9 Å². The van der Waals surface area contributed by atoms with E-state index in [-0.39, 0.29) is 45.0 Å². The summed E-state index contributed by atoms with van der Waals surface area (Å²) in [7, 11) is -15.5. The van der Waals surface area contributed by atoms with Crippen LogP contribution in [0.25, 0.3) is 21.9 Å². The molecule has 4 aromatic rings. The van der Waals surface area contributed by atoms with E-state index in [2.05, 4.69) is 15.5 Å². The third-order valence-corrected chi connectivity index (χ3v) is 9.58. The minimum Gasteiger partial charge on any atom is -0.389 e. The Morgan fingerprint density at radius 2 is 1.50 bits per heavy atom. The molecule has 0 aliphatic heterocycles. The van der Waals surface area contributed by atoms with Crippen molar-refractivity contribution in [1.29, 1.82) is 5.26 Å². The van der Waals surface area contributed by atoms with E-state index in [0.29, 0.717) is 23.4 Å². The minimum absolute atomic E-state index is 0.0337. The first kappa shape index (κ1) is 32.9. The highest BCUT2D eigenvalue weighted by molar-refractivity contribution is 7.87. The summed E-state index contributed by atoms with van der Waals surface area (Å²) < 4.78 is 101. The molecule has 44 heavy (non-hydrogen) atoms. The van der Waals surface area contributed by atoms with Crippen LogP contribution in [0.2, 0.25) is 0 Å². The average Bonchev–Trinajstić information content (AvgIpc) is 3.24. The van der Waals surface area contributed by atoms with E-state index in [1.54, 1.807) is 24.3 Å². The van der Waals surface area contributed by atoms with Crippen molar-refractivity contribution in [3.63, 3.8) is 0 Å². The van der Waals surface area contributed by atoms with E-state index >= 15 is 0 Å². The number of nitriles is 1. The maximum atomic E-state index is 12.2. The number of nitrogen functional groups attached to an aromatic ring is 1. The van der Waals surface area contributed by atoms with Gasteiger partial charge in [0.15, 0.2) is 0 Å². The van der Waals surface area contributed by atoms with Crippen molar-refractivity contribution in [3.05, 3.63) is 54.1 Å². The van der Waals surface area contributed by atoms with Crippen LogP contribution in [0.3, 0.4) is 0 Å². The van der Waals surface area contributed by atoms with Gasteiger partial charge in [-0.15, -0.1) is 21.8 Å². The van der Waals surface area contributed by atoms with E-state index in [4.69, 9.17) is 17.3 Å². The Kier molecular flexibility index (Phi) is 9.11. The van der Waals surface area contributed by atoms with Crippen LogP contribution in [0.5, 0.6) is 0 Å². The molecule has 15 nitrogen and oxygen atoms in total. The maximum Gasteiger partial charge on any atom is 0.295 e. The summed E-state index contributed by atoms with van der Waals surface area (Å²) >= 11 is 6.41. The molecule has 0 aliphatic carbocycles. The van der Waals surface area contributed by atoms with Gasteiger partial charge in [0, 0.05) is 34.3 Å². The molecule has 4 rings (SSSR count). The van der Waals surface area contributed by atoms with Crippen molar-refractivity contribution >= 4 is 91.3 Å². The van der Waals surface area contributed by atoms with Crippen LogP contribution in [-0.2, 0) is 35.1 Å². The number of nitrogens with two attached hydrogens (primary N) is 1. The third kappa shape index (κ3) is 7.03. The molecule has 230 valence electrons. The molecule has 6 N–H and O–H groups in total. The molecule has 0 aliphatic rings. The molecular formula is C24H18ClN5O10S4. The molecule has 0 atom stereocenters. The molecular weight excluding hydrogens is 682 g/mol. The van der Waals surface area contributed by atoms with Gasteiger partial charge >= 0.3 is 0 Å². The normalized spacial score (nSPS) is 12.4. The molecule has 20 heteroatoms. The number of hydrogen-bond donors (Lipinski definition) is 5. The second-order valence-corrected chi connectivity index (χ2v) is 14.4.